The highest BCUT2D eigenvalue weighted by Crippen LogP contribution is 2.47. The van der Waals surface area contributed by atoms with Gasteiger partial charge in [0.15, 0.2) is 0 Å². The van der Waals surface area contributed by atoms with E-state index in [2.05, 4.69) is 19.2 Å². The van der Waals surface area contributed by atoms with Crippen molar-refractivity contribution < 1.29 is 59.0 Å². The molecule has 1 fully saturated rings. The van der Waals surface area contributed by atoms with Crippen LogP contribution < -0.4 is 5.32 Å². The van der Waals surface area contributed by atoms with Crippen molar-refractivity contribution in [2.75, 3.05) is 6.61 Å². The maximum absolute atomic E-state index is 13.1. The normalized spacial score (nSPS) is 22.2. The summed E-state index contributed by atoms with van der Waals surface area (Å²) in [6, 6.07) is -1.24. The maximum atomic E-state index is 13.1. The standard InChI is InChI=1S/C53H104NO12P/c1-3-5-7-9-11-13-15-17-19-21-23-25-27-29-31-33-35-37-39-41-46(56)45(43-65-67(63,64)66-53-51(61)49(59)48(58)50(60)52(53)62)54-47(57)42-44(55)40-38-36-34-32-30-28-26-24-22-20-18-16-14-12-10-8-6-4-2/h39,41,44-46,48-53,55-56,58-62H,3-38,40,42-43H2,1-2H3,(H,54,57)(H,63,64)/b41-39+. The number of rotatable bonds is 47. The quantitative estimate of drug-likeness (QED) is 0.0158. The van der Waals surface area contributed by atoms with E-state index in [1.165, 1.54) is 186 Å². The van der Waals surface area contributed by atoms with E-state index in [9.17, 15) is 50.0 Å². The Morgan fingerprint density at radius 3 is 1.22 bits per heavy atom. The molecule has 13 nitrogen and oxygen atoms in total. The predicted molar refractivity (Wildman–Crippen MR) is 271 cm³/mol. The minimum Gasteiger partial charge on any atom is -0.393 e. The Kier molecular flexibility index (Phi) is 40.8. The Morgan fingerprint density at radius 1 is 0.522 bits per heavy atom. The highest BCUT2D eigenvalue weighted by molar-refractivity contribution is 7.47. The second kappa shape index (κ2) is 42.7. The number of allylic oxidation sites excluding steroid dienone is 1. The van der Waals surface area contributed by atoms with E-state index in [-0.39, 0.29) is 6.42 Å². The first-order valence-electron chi connectivity index (χ1n) is 27.7. The van der Waals surface area contributed by atoms with Crippen LogP contribution in [0.1, 0.15) is 258 Å². The largest absolute Gasteiger partial charge is 0.472 e. The van der Waals surface area contributed by atoms with E-state index in [0.29, 0.717) is 12.8 Å². The molecule has 0 aliphatic heterocycles. The molecular weight excluding hydrogens is 874 g/mol. The van der Waals surface area contributed by atoms with Gasteiger partial charge in [-0.1, -0.05) is 244 Å². The Balaban J connectivity index is 2.44. The van der Waals surface area contributed by atoms with Gasteiger partial charge in [-0.2, -0.15) is 0 Å². The molecule has 0 bridgehead atoms. The molecule has 8 atom stereocenters. The second-order valence-corrected chi connectivity index (χ2v) is 21.4. The van der Waals surface area contributed by atoms with Gasteiger partial charge in [-0.15, -0.1) is 0 Å². The number of amides is 1. The third-order valence-corrected chi connectivity index (χ3v) is 14.6. The Bertz CT molecular complexity index is 1200. The average Bonchev–Trinajstić information content (AvgIpc) is 3.30. The van der Waals surface area contributed by atoms with Gasteiger partial charge >= 0.3 is 7.82 Å². The number of carbonyl (C=O) groups excluding carboxylic acids is 1. The monoisotopic (exact) mass is 978 g/mol. The molecule has 1 saturated carbocycles. The molecule has 1 aliphatic carbocycles. The lowest BCUT2D eigenvalue weighted by Crippen LogP contribution is -2.64. The van der Waals surface area contributed by atoms with Crippen LogP contribution in [0.2, 0.25) is 0 Å². The molecule has 1 aliphatic rings. The van der Waals surface area contributed by atoms with Crippen LogP contribution >= 0.6 is 7.82 Å². The van der Waals surface area contributed by atoms with E-state index in [1.54, 1.807) is 6.08 Å². The molecule has 0 radical (unpaired) electrons. The summed E-state index contributed by atoms with van der Waals surface area (Å²) < 4.78 is 23.0. The molecule has 0 saturated heterocycles. The summed E-state index contributed by atoms with van der Waals surface area (Å²) in [5.41, 5.74) is 0. The van der Waals surface area contributed by atoms with Crippen molar-refractivity contribution >= 4 is 13.7 Å². The van der Waals surface area contributed by atoms with Crippen molar-refractivity contribution in [3.05, 3.63) is 12.2 Å². The van der Waals surface area contributed by atoms with Crippen molar-refractivity contribution in [1.29, 1.82) is 0 Å². The first kappa shape index (κ1) is 64.1. The SMILES string of the molecule is CCCCCCCCCCCCCCCCCCC/C=C/C(O)C(COP(=O)(O)OC1C(O)C(O)C(O)C(O)C1O)NC(=O)CC(O)CCCCCCCCCCCCCCCCCCCC. The fraction of sp³-hybridized carbons (Fsp3) is 0.943. The van der Waals surface area contributed by atoms with Crippen LogP contribution in [0, 0.1) is 0 Å². The van der Waals surface area contributed by atoms with E-state index >= 15 is 0 Å². The highest BCUT2D eigenvalue weighted by Gasteiger charge is 2.51. The van der Waals surface area contributed by atoms with Crippen LogP contribution in [0.15, 0.2) is 12.2 Å². The highest BCUT2D eigenvalue weighted by atomic mass is 31.2. The third-order valence-electron chi connectivity index (χ3n) is 13.6. The lowest BCUT2D eigenvalue weighted by Gasteiger charge is -2.41. The fourth-order valence-electron chi connectivity index (χ4n) is 9.13. The van der Waals surface area contributed by atoms with Crippen LogP contribution in [0.5, 0.6) is 0 Å². The summed E-state index contributed by atoms with van der Waals surface area (Å²) in [5.74, 6) is -0.587. The zero-order chi connectivity index (χ0) is 49.4. The van der Waals surface area contributed by atoms with Gasteiger partial charge < -0.3 is 46.0 Å². The molecule has 9 N–H and O–H groups in total. The molecule has 67 heavy (non-hydrogen) atoms. The molecule has 398 valence electrons. The van der Waals surface area contributed by atoms with Gasteiger partial charge in [0.25, 0.3) is 0 Å². The summed E-state index contributed by atoms with van der Waals surface area (Å²) in [5, 5.41) is 74.8. The molecule has 0 aromatic carbocycles. The minimum absolute atomic E-state index is 0.239. The number of unbranched alkanes of at least 4 members (excludes halogenated alkanes) is 34. The summed E-state index contributed by atoms with van der Waals surface area (Å²) >= 11 is 0. The topological polar surface area (TPSA) is 226 Å². The molecule has 0 aromatic heterocycles. The van der Waals surface area contributed by atoms with Crippen LogP contribution in [-0.4, -0.2) is 108 Å². The number of hydrogen-bond donors (Lipinski definition) is 9. The summed E-state index contributed by atoms with van der Waals surface area (Å²) in [6.07, 6.45) is 34.3. The van der Waals surface area contributed by atoms with Crippen LogP contribution in [0.4, 0.5) is 0 Å². The lowest BCUT2D eigenvalue weighted by atomic mass is 9.85. The second-order valence-electron chi connectivity index (χ2n) is 20.0. The molecule has 8 unspecified atom stereocenters. The Hall–Kier alpha value is -0.960. The van der Waals surface area contributed by atoms with Crippen LogP contribution in [0.25, 0.3) is 0 Å². The first-order chi connectivity index (χ1) is 32.3. The van der Waals surface area contributed by atoms with Crippen molar-refractivity contribution in [3.63, 3.8) is 0 Å². The van der Waals surface area contributed by atoms with Gasteiger partial charge in [-0.05, 0) is 19.3 Å². The molecule has 1 rings (SSSR count). The van der Waals surface area contributed by atoms with Crippen LogP contribution in [0.3, 0.4) is 0 Å². The van der Waals surface area contributed by atoms with Gasteiger partial charge in [-0.3, -0.25) is 13.8 Å². The molecule has 0 spiro atoms. The van der Waals surface area contributed by atoms with E-state index in [0.717, 1.165) is 44.9 Å². The predicted octanol–water partition coefficient (Wildman–Crippen LogP) is 10.9. The zero-order valence-electron chi connectivity index (χ0n) is 42.6. The number of nitrogens with one attached hydrogen (secondary N) is 1. The molecular formula is C53H104NO12P. The summed E-state index contributed by atoms with van der Waals surface area (Å²) in [7, 11) is -5.14. The molecule has 14 heteroatoms. The van der Waals surface area contributed by atoms with Crippen LogP contribution in [-0.2, 0) is 18.4 Å². The number of phosphoric ester groups is 1. The van der Waals surface area contributed by atoms with Crippen molar-refractivity contribution in [1.82, 2.24) is 5.32 Å². The van der Waals surface area contributed by atoms with Gasteiger partial charge in [0.2, 0.25) is 5.91 Å². The lowest BCUT2D eigenvalue weighted by molar-refractivity contribution is -0.220. The molecule has 0 aromatic rings. The van der Waals surface area contributed by atoms with E-state index in [1.807, 2.05) is 0 Å². The van der Waals surface area contributed by atoms with Crippen molar-refractivity contribution in [3.8, 4) is 0 Å². The maximum Gasteiger partial charge on any atom is 0.472 e. The van der Waals surface area contributed by atoms with Gasteiger partial charge in [0.05, 0.1) is 31.3 Å². The fourth-order valence-corrected chi connectivity index (χ4v) is 10.1. The summed E-state index contributed by atoms with van der Waals surface area (Å²) in [4.78, 5) is 23.6. The number of aliphatic hydroxyl groups excluding tert-OH is 7. The number of aliphatic hydroxyl groups is 7. The van der Waals surface area contributed by atoms with E-state index < -0.39 is 75.2 Å². The molecule has 1 amide bonds. The first-order valence-corrected chi connectivity index (χ1v) is 29.2. The van der Waals surface area contributed by atoms with Crippen molar-refractivity contribution in [2.24, 2.45) is 0 Å². The Morgan fingerprint density at radius 2 is 0.851 bits per heavy atom. The number of hydrogen-bond acceptors (Lipinski definition) is 11. The zero-order valence-corrected chi connectivity index (χ0v) is 43.5. The number of phosphoric acid groups is 1. The minimum atomic E-state index is -5.14. The third kappa shape index (κ3) is 34.1. The van der Waals surface area contributed by atoms with Crippen molar-refractivity contribution in [2.45, 2.75) is 313 Å². The van der Waals surface area contributed by atoms with E-state index in [4.69, 9.17) is 9.05 Å². The molecule has 0 heterocycles. The number of carbonyl (C=O) groups is 1. The smallest absolute Gasteiger partial charge is 0.393 e. The van der Waals surface area contributed by atoms with Gasteiger partial charge in [-0.25, -0.2) is 4.57 Å². The summed E-state index contributed by atoms with van der Waals surface area (Å²) in [6.45, 7) is 3.79. The van der Waals surface area contributed by atoms with Gasteiger partial charge in [0, 0.05) is 0 Å². The Labute approximate surface area is 408 Å². The van der Waals surface area contributed by atoms with Gasteiger partial charge in [0.1, 0.15) is 36.6 Å². The average molecular weight is 978 g/mol.